The number of nitrogens with one attached hydrogen (secondary N) is 1. The molecule has 0 radical (unpaired) electrons. The van der Waals surface area contributed by atoms with Gasteiger partial charge in [0.05, 0.1) is 4.08 Å². The molecule has 0 aromatic rings. The summed E-state index contributed by atoms with van der Waals surface area (Å²) < 4.78 is 37.0. The molecule has 21 heavy (non-hydrogen) atoms. The van der Waals surface area contributed by atoms with E-state index in [2.05, 4.69) is 5.32 Å². The Labute approximate surface area is 131 Å². The quantitative estimate of drug-likeness (QED) is 0.832. The fourth-order valence-electron chi connectivity index (χ4n) is 4.15. The molecule has 1 saturated heterocycles. The number of amides is 1. The number of hydrogen-bond acceptors (Lipinski definition) is 3. The molecule has 120 valence electrons. The third kappa shape index (κ3) is 3.19. The van der Waals surface area contributed by atoms with Gasteiger partial charge in [0.15, 0.2) is 0 Å². The van der Waals surface area contributed by atoms with E-state index in [1.54, 1.807) is 0 Å². The van der Waals surface area contributed by atoms with Crippen molar-refractivity contribution in [2.45, 2.75) is 42.4 Å². The molecule has 3 fully saturated rings. The number of rotatable bonds is 2. The van der Waals surface area contributed by atoms with Crippen molar-refractivity contribution in [3.8, 4) is 0 Å². The molecule has 1 aliphatic heterocycles. The maximum atomic E-state index is 12.2. The first-order valence-corrected chi connectivity index (χ1v) is 9.50. The summed E-state index contributed by atoms with van der Waals surface area (Å²) in [5.74, 6) is 2.70. The van der Waals surface area contributed by atoms with E-state index in [1.165, 1.54) is 17.9 Å². The molecule has 0 aromatic carbocycles. The number of hydrogen-bond donors (Lipinski definition) is 1. The van der Waals surface area contributed by atoms with E-state index >= 15 is 0 Å². The molecular formula is C14H20F3NOS2. The van der Waals surface area contributed by atoms with Gasteiger partial charge in [-0.2, -0.15) is 13.2 Å². The van der Waals surface area contributed by atoms with Crippen LogP contribution in [0.1, 0.15) is 32.1 Å². The van der Waals surface area contributed by atoms with Crippen LogP contribution < -0.4 is 5.32 Å². The highest BCUT2D eigenvalue weighted by Crippen LogP contribution is 2.64. The first-order chi connectivity index (χ1) is 9.91. The van der Waals surface area contributed by atoms with Crippen molar-refractivity contribution in [3.63, 3.8) is 0 Å². The first kappa shape index (κ1) is 15.8. The third-order valence-corrected chi connectivity index (χ3v) is 8.97. The highest BCUT2D eigenvalue weighted by atomic mass is 32.2. The molecule has 3 aliphatic rings. The van der Waals surface area contributed by atoms with E-state index in [0.717, 1.165) is 25.7 Å². The van der Waals surface area contributed by atoms with Gasteiger partial charge < -0.3 is 5.32 Å². The molecule has 7 heteroatoms. The molecule has 2 saturated carbocycles. The van der Waals surface area contributed by atoms with Gasteiger partial charge in [-0.05, 0) is 37.5 Å². The second kappa shape index (κ2) is 5.87. The van der Waals surface area contributed by atoms with Crippen LogP contribution in [0.3, 0.4) is 0 Å². The van der Waals surface area contributed by atoms with Crippen LogP contribution in [-0.4, -0.2) is 34.2 Å². The Bertz CT molecular complexity index is 394. The number of alkyl halides is 3. The van der Waals surface area contributed by atoms with Crippen LogP contribution in [0.5, 0.6) is 0 Å². The summed E-state index contributed by atoms with van der Waals surface area (Å²) in [4.78, 5) is 12.1. The molecule has 0 aromatic heterocycles. The summed E-state index contributed by atoms with van der Waals surface area (Å²) >= 11 is 4.08. The topological polar surface area (TPSA) is 29.1 Å². The number of halogens is 3. The lowest BCUT2D eigenvalue weighted by Gasteiger charge is -2.52. The zero-order valence-electron chi connectivity index (χ0n) is 11.7. The monoisotopic (exact) mass is 339 g/mol. The van der Waals surface area contributed by atoms with Crippen LogP contribution in [-0.2, 0) is 4.79 Å². The Morgan fingerprint density at radius 1 is 1.14 bits per heavy atom. The van der Waals surface area contributed by atoms with E-state index in [0.29, 0.717) is 11.8 Å². The summed E-state index contributed by atoms with van der Waals surface area (Å²) in [7, 11) is 0. The van der Waals surface area contributed by atoms with Crippen LogP contribution in [0.15, 0.2) is 0 Å². The average molecular weight is 339 g/mol. The average Bonchev–Trinajstić information content (AvgIpc) is 2.84. The number of thioether (sulfide) groups is 2. The van der Waals surface area contributed by atoms with Crippen molar-refractivity contribution < 1.29 is 18.0 Å². The van der Waals surface area contributed by atoms with E-state index in [-0.39, 0.29) is 10.00 Å². The molecule has 1 amide bonds. The predicted octanol–water partition coefficient (Wildman–Crippen LogP) is 3.67. The van der Waals surface area contributed by atoms with Crippen molar-refractivity contribution >= 4 is 29.4 Å². The van der Waals surface area contributed by atoms with Crippen molar-refractivity contribution in [2.24, 2.45) is 17.8 Å². The smallest absolute Gasteiger partial charge is 0.347 e. The fraction of sp³-hybridized carbons (Fsp3) is 0.929. The van der Waals surface area contributed by atoms with E-state index < -0.39 is 18.6 Å². The summed E-state index contributed by atoms with van der Waals surface area (Å²) in [6, 6.07) is 0. The summed E-state index contributed by atoms with van der Waals surface area (Å²) in [5.41, 5.74) is 0. The third-order valence-electron chi connectivity index (χ3n) is 4.95. The second-order valence-electron chi connectivity index (χ2n) is 6.24. The van der Waals surface area contributed by atoms with Gasteiger partial charge in [-0.1, -0.05) is 6.42 Å². The SMILES string of the molecule is O=C(NCC(F)(F)F)C1CC2CCCC(C1)C21SCCS1. The Morgan fingerprint density at radius 2 is 1.71 bits per heavy atom. The van der Waals surface area contributed by atoms with Crippen molar-refractivity contribution in [1.82, 2.24) is 5.32 Å². The van der Waals surface area contributed by atoms with Gasteiger partial charge in [0.25, 0.3) is 0 Å². The van der Waals surface area contributed by atoms with Gasteiger partial charge in [-0.25, -0.2) is 0 Å². The zero-order valence-corrected chi connectivity index (χ0v) is 13.4. The Morgan fingerprint density at radius 3 is 2.24 bits per heavy atom. The molecule has 2 bridgehead atoms. The molecule has 2 unspecified atom stereocenters. The lowest BCUT2D eigenvalue weighted by molar-refractivity contribution is -0.142. The van der Waals surface area contributed by atoms with Crippen LogP contribution >= 0.6 is 23.5 Å². The molecule has 2 nitrogen and oxygen atoms in total. The minimum Gasteiger partial charge on any atom is -0.347 e. The van der Waals surface area contributed by atoms with E-state index in [1.807, 2.05) is 23.5 Å². The van der Waals surface area contributed by atoms with Gasteiger partial charge in [0.1, 0.15) is 6.54 Å². The molecule has 2 aliphatic carbocycles. The van der Waals surface area contributed by atoms with Crippen molar-refractivity contribution in [3.05, 3.63) is 0 Å². The van der Waals surface area contributed by atoms with Gasteiger partial charge in [0, 0.05) is 17.4 Å². The normalized spacial score (nSPS) is 34.9. The lowest BCUT2D eigenvalue weighted by atomic mass is 9.67. The number of carbonyl (C=O) groups excluding carboxylic acids is 1. The molecule has 2 atom stereocenters. The second-order valence-corrected chi connectivity index (χ2v) is 9.25. The van der Waals surface area contributed by atoms with Crippen LogP contribution in [0.25, 0.3) is 0 Å². The van der Waals surface area contributed by atoms with Crippen LogP contribution in [0.4, 0.5) is 13.2 Å². The summed E-state index contributed by atoms with van der Waals surface area (Å²) in [6.45, 7) is -1.20. The summed E-state index contributed by atoms with van der Waals surface area (Å²) in [5, 5.41) is 2.08. The molecule has 1 heterocycles. The van der Waals surface area contributed by atoms with Gasteiger partial charge in [-0.15, -0.1) is 23.5 Å². The first-order valence-electron chi connectivity index (χ1n) is 7.53. The van der Waals surface area contributed by atoms with Gasteiger partial charge >= 0.3 is 6.18 Å². The standard InChI is InChI=1S/C14H20F3NOS2/c15-13(16,17)8-18-12(19)9-6-10-2-1-3-11(7-9)14(10)20-4-5-21-14/h9-11H,1-8H2,(H,18,19). The largest absolute Gasteiger partial charge is 0.405 e. The van der Waals surface area contributed by atoms with E-state index in [4.69, 9.17) is 0 Å². The lowest BCUT2D eigenvalue weighted by Crippen LogP contribution is -2.50. The fourth-order valence-corrected chi connectivity index (χ4v) is 8.09. The molecule has 1 spiro atoms. The predicted molar refractivity (Wildman–Crippen MR) is 80.3 cm³/mol. The minimum atomic E-state index is -4.32. The van der Waals surface area contributed by atoms with Gasteiger partial charge in [0.2, 0.25) is 5.91 Å². The van der Waals surface area contributed by atoms with Crippen LogP contribution in [0.2, 0.25) is 0 Å². The molecule has 1 N–H and O–H groups in total. The highest BCUT2D eigenvalue weighted by Gasteiger charge is 2.55. The summed E-state index contributed by atoms with van der Waals surface area (Å²) in [6.07, 6.45) is 0.660. The minimum absolute atomic E-state index is 0.227. The van der Waals surface area contributed by atoms with Gasteiger partial charge in [-0.3, -0.25) is 4.79 Å². The number of carbonyl (C=O) groups is 1. The Kier molecular flexibility index (Phi) is 4.43. The Balaban J connectivity index is 1.65. The van der Waals surface area contributed by atoms with Crippen molar-refractivity contribution in [2.75, 3.05) is 18.1 Å². The van der Waals surface area contributed by atoms with Crippen LogP contribution in [0, 0.1) is 17.8 Å². The zero-order chi connectivity index (χ0) is 15.1. The maximum Gasteiger partial charge on any atom is 0.405 e. The molecule has 3 rings (SSSR count). The maximum absolute atomic E-state index is 12.2. The van der Waals surface area contributed by atoms with Crippen molar-refractivity contribution in [1.29, 1.82) is 0 Å². The Hall–Kier alpha value is -0.0400. The molecular weight excluding hydrogens is 319 g/mol. The highest BCUT2D eigenvalue weighted by molar-refractivity contribution is 8.21. The van der Waals surface area contributed by atoms with E-state index in [9.17, 15) is 18.0 Å².